The number of carbonyl (C=O) groups is 2. The van der Waals surface area contributed by atoms with Crippen LogP contribution in [0.15, 0.2) is 18.2 Å². The van der Waals surface area contributed by atoms with E-state index in [1.54, 1.807) is 0 Å². The minimum atomic E-state index is -0.531. The first-order chi connectivity index (χ1) is 9.10. The van der Waals surface area contributed by atoms with Crippen molar-refractivity contribution in [2.75, 3.05) is 11.9 Å². The third-order valence-electron chi connectivity index (χ3n) is 2.98. The van der Waals surface area contributed by atoms with Gasteiger partial charge in [-0.25, -0.2) is 0 Å². The monoisotopic (exact) mass is 263 g/mol. The van der Waals surface area contributed by atoms with E-state index in [-0.39, 0.29) is 23.2 Å². The van der Waals surface area contributed by atoms with Gasteiger partial charge in [0.2, 0.25) is 5.91 Å². The van der Waals surface area contributed by atoms with Crippen LogP contribution in [0.5, 0.6) is 0 Å². The maximum absolute atomic E-state index is 11.0. The van der Waals surface area contributed by atoms with Crippen molar-refractivity contribution in [2.45, 2.75) is 18.9 Å². The molecule has 0 aliphatic carbocycles. The lowest BCUT2D eigenvalue weighted by Crippen LogP contribution is -2.41. The molecule has 1 amide bonds. The molecule has 100 valence electrons. The summed E-state index contributed by atoms with van der Waals surface area (Å²) in [5.74, 6) is -0.0103. The number of amides is 1. The first kappa shape index (κ1) is 13.0. The molecule has 0 radical (unpaired) electrons. The maximum atomic E-state index is 11.0. The topological polar surface area (TPSA) is 101 Å². The van der Waals surface area contributed by atoms with E-state index in [1.807, 2.05) is 0 Å². The van der Waals surface area contributed by atoms with Crippen LogP contribution in [0.4, 0.5) is 11.4 Å². The van der Waals surface area contributed by atoms with E-state index < -0.39 is 4.92 Å². The minimum absolute atomic E-state index is 0.0103. The number of nitrogens with one attached hydrogen (secondary N) is 2. The van der Waals surface area contributed by atoms with Gasteiger partial charge in [-0.2, -0.15) is 0 Å². The summed E-state index contributed by atoms with van der Waals surface area (Å²) in [6.07, 6.45) is 1.59. The highest BCUT2D eigenvalue weighted by Gasteiger charge is 2.21. The quantitative estimate of drug-likeness (QED) is 0.481. The predicted octanol–water partition coefficient (Wildman–Crippen LogP) is 1.10. The second kappa shape index (κ2) is 5.47. The molecule has 1 fully saturated rings. The molecule has 7 nitrogen and oxygen atoms in total. The zero-order valence-electron chi connectivity index (χ0n) is 10.1. The third-order valence-corrected chi connectivity index (χ3v) is 2.98. The molecule has 1 unspecified atom stereocenters. The molecule has 2 N–H and O–H groups in total. The van der Waals surface area contributed by atoms with Crippen LogP contribution in [0.2, 0.25) is 0 Å². The molecule has 7 heteroatoms. The van der Waals surface area contributed by atoms with Crippen LogP contribution in [0.1, 0.15) is 23.2 Å². The van der Waals surface area contributed by atoms with E-state index in [0.29, 0.717) is 31.4 Å². The van der Waals surface area contributed by atoms with Gasteiger partial charge >= 0.3 is 0 Å². The largest absolute Gasteiger partial charge is 0.375 e. The molecule has 0 aromatic heterocycles. The van der Waals surface area contributed by atoms with Crippen molar-refractivity contribution < 1.29 is 14.5 Å². The number of rotatable bonds is 4. The normalized spacial score (nSPS) is 18.5. The van der Waals surface area contributed by atoms with Gasteiger partial charge in [-0.1, -0.05) is 0 Å². The molecule has 0 bridgehead atoms. The van der Waals surface area contributed by atoms with Crippen molar-refractivity contribution in [3.8, 4) is 0 Å². The fourth-order valence-corrected chi connectivity index (χ4v) is 1.97. The fraction of sp³-hybridized carbons (Fsp3) is 0.333. The molecular formula is C12H13N3O4. The number of nitro benzene ring substituents is 1. The van der Waals surface area contributed by atoms with Crippen molar-refractivity contribution in [3.63, 3.8) is 0 Å². The molecule has 1 aromatic rings. The number of carbonyl (C=O) groups excluding carboxylic acids is 2. The average molecular weight is 263 g/mol. The van der Waals surface area contributed by atoms with Gasteiger partial charge in [0.1, 0.15) is 12.0 Å². The van der Waals surface area contributed by atoms with Gasteiger partial charge in [-0.05, 0) is 18.6 Å². The Hall–Kier alpha value is -2.44. The van der Waals surface area contributed by atoms with E-state index >= 15 is 0 Å². The Morgan fingerprint density at radius 2 is 2.26 bits per heavy atom. The van der Waals surface area contributed by atoms with Gasteiger partial charge < -0.3 is 10.6 Å². The maximum Gasteiger partial charge on any atom is 0.293 e. The van der Waals surface area contributed by atoms with Crippen LogP contribution in [0, 0.1) is 10.1 Å². The number of nitro groups is 1. The van der Waals surface area contributed by atoms with Crippen molar-refractivity contribution in [2.24, 2.45) is 0 Å². The average Bonchev–Trinajstić information content (AvgIpc) is 2.41. The Kier molecular flexibility index (Phi) is 3.74. The smallest absolute Gasteiger partial charge is 0.293 e. The Morgan fingerprint density at radius 3 is 2.84 bits per heavy atom. The van der Waals surface area contributed by atoms with Crippen LogP contribution in [0.3, 0.4) is 0 Å². The van der Waals surface area contributed by atoms with Gasteiger partial charge in [-0.3, -0.25) is 19.7 Å². The summed E-state index contributed by atoms with van der Waals surface area (Å²) in [6, 6.07) is 4.22. The lowest BCUT2D eigenvalue weighted by molar-refractivity contribution is -0.384. The molecule has 1 aliphatic rings. The van der Waals surface area contributed by atoms with Crippen LogP contribution in [-0.4, -0.2) is 29.7 Å². The number of hydrogen-bond donors (Lipinski definition) is 2. The van der Waals surface area contributed by atoms with Gasteiger partial charge in [0, 0.05) is 30.6 Å². The number of aldehydes is 1. The predicted molar refractivity (Wildman–Crippen MR) is 68.1 cm³/mol. The third kappa shape index (κ3) is 3.06. The van der Waals surface area contributed by atoms with E-state index in [9.17, 15) is 19.7 Å². The van der Waals surface area contributed by atoms with Gasteiger partial charge in [0.05, 0.1) is 4.92 Å². The summed E-state index contributed by atoms with van der Waals surface area (Å²) < 4.78 is 0. The number of hydrogen-bond acceptors (Lipinski definition) is 5. The molecule has 1 heterocycles. The van der Waals surface area contributed by atoms with Gasteiger partial charge in [-0.15, -0.1) is 0 Å². The molecule has 1 aliphatic heterocycles. The second-order valence-corrected chi connectivity index (χ2v) is 4.34. The molecule has 1 saturated heterocycles. The summed E-state index contributed by atoms with van der Waals surface area (Å²) >= 11 is 0. The summed E-state index contributed by atoms with van der Waals surface area (Å²) in [4.78, 5) is 32.1. The van der Waals surface area contributed by atoms with Crippen LogP contribution in [0.25, 0.3) is 0 Å². The lowest BCUT2D eigenvalue weighted by Gasteiger charge is -2.24. The van der Waals surface area contributed by atoms with Gasteiger partial charge in [0.25, 0.3) is 5.69 Å². The Bertz CT molecular complexity index is 520. The first-order valence-corrected chi connectivity index (χ1v) is 5.87. The number of piperidine rings is 1. The Balaban J connectivity index is 2.17. The van der Waals surface area contributed by atoms with Gasteiger partial charge in [0.15, 0.2) is 0 Å². The molecule has 0 spiro atoms. The zero-order valence-corrected chi connectivity index (χ0v) is 10.1. The van der Waals surface area contributed by atoms with E-state index in [4.69, 9.17) is 0 Å². The first-order valence-electron chi connectivity index (χ1n) is 5.87. The van der Waals surface area contributed by atoms with Crippen LogP contribution >= 0.6 is 0 Å². The standard InChI is InChI=1S/C12H13N3O4/c16-7-8-1-3-10(11(5-8)15(18)19)14-9-2-4-12(17)13-6-9/h1,3,5,7,9,14H,2,4,6H2,(H,13,17). The highest BCUT2D eigenvalue weighted by atomic mass is 16.6. The number of benzene rings is 1. The Labute approximate surface area is 109 Å². The molecule has 1 aromatic carbocycles. The summed E-state index contributed by atoms with van der Waals surface area (Å²) in [5.41, 5.74) is 0.479. The zero-order chi connectivity index (χ0) is 13.8. The Morgan fingerprint density at radius 1 is 1.47 bits per heavy atom. The highest BCUT2D eigenvalue weighted by Crippen LogP contribution is 2.26. The molecule has 19 heavy (non-hydrogen) atoms. The minimum Gasteiger partial charge on any atom is -0.375 e. The van der Waals surface area contributed by atoms with Crippen molar-refractivity contribution in [3.05, 3.63) is 33.9 Å². The van der Waals surface area contributed by atoms with Crippen LogP contribution in [-0.2, 0) is 4.79 Å². The number of anilines is 1. The van der Waals surface area contributed by atoms with Crippen molar-refractivity contribution in [1.29, 1.82) is 0 Å². The lowest BCUT2D eigenvalue weighted by atomic mass is 10.1. The second-order valence-electron chi connectivity index (χ2n) is 4.34. The summed E-state index contributed by atoms with van der Waals surface area (Å²) in [7, 11) is 0. The molecule has 2 rings (SSSR count). The number of nitrogens with zero attached hydrogens (tertiary/aromatic N) is 1. The summed E-state index contributed by atoms with van der Waals surface area (Å²) in [6.45, 7) is 0.436. The van der Waals surface area contributed by atoms with Crippen molar-refractivity contribution >= 4 is 23.6 Å². The van der Waals surface area contributed by atoms with Crippen molar-refractivity contribution in [1.82, 2.24) is 5.32 Å². The fourth-order valence-electron chi connectivity index (χ4n) is 1.97. The SMILES string of the molecule is O=Cc1ccc(NC2CCC(=O)NC2)c([N+](=O)[O-])c1. The summed E-state index contributed by atoms with van der Waals surface area (Å²) in [5, 5.41) is 16.7. The van der Waals surface area contributed by atoms with E-state index in [2.05, 4.69) is 10.6 Å². The molecule has 0 saturated carbocycles. The highest BCUT2D eigenvalue weighted by molar-refractivity contribution is 5.80. The van der Waals surface area contributed by atoms with E-state index in [0.717, 1.165) is 0 Å². The van der Waals surface area contributed by atoms with Crippen LogP contribution < -0.4 is 10.6 Å². The van der Waals surface area contributed by atoms with E-state index in [1.165, 1.54) is 18.2 Å². The molecule has 1 atom stereocenters. The molecular weight excluding hydrogens is 250 g/mol.